The second kappa shape index (κ2) is 5.71. The minimum atomic E-state index is -0.334. The van der Waals surface area contributed by atoms with E-state index < -0.39 is 0 Å². The fraction of sp³-hybridized carbons (Fsp3) is 0.455. The molecule has 0 fully saturated rings. The quantitative estimate of drug-likeness (QED) is 0.624. The summed E-state index contributed by atoms with van der Waals surface area (Å²) in [6.45, 7) is 4.10. The van der Waals surface area contributed by atoms with Gasteiger partial charge >= 0.3 is 5.97 Å². The number of esters is 1. The Kier molecular flexibility index (Phi) is 4.26. The smallest absolute Gasteiger partial charge is 0.357 e. The molecule has 0 saturated carbocycles. The molecule has 0 radical (unpaired) electrons. The Bertz CT molecular complexity index is 444. The van der Waals surface area contributed by atoms with Crippen LogP contribution in [-0.4, -0.2) is 35.3 Å². The molecule has 2 rings (SSSR count). The molecular weight excluding hydrogens is 255 g/mol. The third kappa shape index (κ3) is 3.12. The van der Waals surface area contributed by atoms with Crippen molar-refractivity contribution in [3.8, 4) is 0 Å². The monoisotopic (exact) mass is 270 g/mol. The first-order valence-corrected chi connectivity index (χ1v) is 6.92. The SMILES string of the molecule is CCOC(=O)c1csc(C2=CCN(P)CC2)n1. The number of rotatable bonds is 3. The molecule has 0 aromatic carbocycles. The molecule has 1 aliphatic heterocycles. The summed E-state index contributed by atoms with van der Waals surface area (Å²) in [6, 6.07) is 0. The van der Waals surface area contributed by atoms with Crippen LogP contribution in [0.1, 0.15) is 28.8 Å². The highest BCUT2D eigenvalue weighted by atomic mass is 32.1. The molecule has 0 saturated heterocycles. The van der Waals surface area contributed by atoms with Gasteiger partial charge in [-0.15, -0.1) is 11.3 Å². The molecule has 1 aliphatic rings. The van der Waals surface area contributed by atoms with E-state index in [9.17, 15) is 4.79 Å². The van der Waals surface area contributed by atoms with Crippen LogP contribution in [0.3, 0.4) is 0 Å². The number of hydrogen-bond donors (Lipinski definition) is 0. The van der Waals surface area contributed by atoms with Gasteiger partial charge in [-0.2, -0.15) is 0 Å². The molecule has 2 heterocycles. The van der Waals surface area contributed by atoms with Crippen LogP contribution < -0.4 is 0 Å². The van der Waals surface area contributed by atoms with Gasteiger partial charge in [0.2, 0.25) is 0 Å². The number of thiazole rings is 1. The first kappa shape index (κ1) is 12.7. The third-order valence-electron chi connectivity index (χ3n) is 2.50. The lowest BCUT2D eigenvalue weighted by Gasteiger charge is -2.20. The average molecular weight is 270 g/mol. The lowest BCUT2D eigenvalue weighted by molar-refractivity contribution is 0.0520. The van der Waals surface area contributed by atoms with E-state index in [2.05, 4.69) is 25.1 Å². The average Bonchev–Trinajstić information content (AvgIpc) is 2.80. The molecule has 1 atom stereocenters. The summed E-state index contributed by atoms with van der Waals surface area (Å²) >= 11 is 1.51. The Balaban J connectivity index is 2.10. The maximum atomic E-state index is 11.5. The third-order valence-corrected chi connectivity index (χ3v) is 3.89. The number of ether oxygens (including phenoxy) is 1. The van der Waals surface area contributed by atoms with Crippen molar-refractivity contribution in [3.05, 3.63) is 22.2 Å². The molecule has 1 aromatic rings. The first-order chi connectivity index (χ1) is 8.20. The Labute approximate surface area is 107 Å². The highest BCUT2D eigenvalue weighted by Gasteiger charge is 2.16. The van der Waals surface area contributed by atoms with E-state index in [-0.39, 0.29) is 5.97 Å². The molecule has 4 nitrogen and oxygen atoms in total. The predicted octanol–water partition coefficient (Wildman–Crippen LogP) is 2.20. The van der Waals surface area contributed by atoms with Gasteiger partial charge in [-0.05, 0) is 18.9 Å². The Morgan fingerprint density at radius 2 is 2.53 bits per heavy atom. The van der Waals surface area contributed by atoms with Crippen LogP contribution in [0.2, 0.25) is 0 Å². The van der Waals surface area contributed by atoms with E-state index in [1.165, 1.54) is 16.9 Å². The van der Waals surface area contributed by atoms with Crippen LogP contribution in [-0.2, 0) is 4.74 Å². The number of carbonyl (C=O) groups is 1. The van der Waals surface area contributed by atoms with E-state index in [1.807, 2.05) is 0 Å². The molecule has 0 N–H and O–H groups in total. The van der Waals surface area contributed by atoms with Crippen molar-refractivity contribution in [2.75, 3.05) is 19.7 Å². The Morgan fingerprint density at radius 1 is 1.71 bits per heavy atom. The summed E-state index contributed by atoms with van der Waals surface area (Å²) in [5.41, 5.74) is 1.64. The van der Waals surface area contributed by atoms with E-state index in [1.54, 1.807) is 12.3 Å². The zero-order valence-corrected chi connectivity index (χ0v) is 11.7. The maximum absolute atomic E-state index is 11.5. The van der Waals surface area contributed by atoms with Gasteiger partial charge in [0.1, 0.15) is 5.01 Å². The molecule has 0 bridgehead atoms. The van der Waals surface area contributed by atoms with E-state index >= 15 is 0 Å². The number of nitrogens with zero attached hydrogens (tertiary/aromatic N) is 2. The largest absolute Gasteiger partial charge is 0.461 e. The van der Waals surface area contributed by atoms with Crippen LogP contribution in [0, 0.1) is 0 Å². The number of aromatic nitrogens is 1. The lowest BCUT2D eigenvalue weighted by Crippen LogP contribution is -2.17. The fourth-order valence-electron chi connectivity index (χ4n) is 1.60. The fourth-order valence-corrected chi connectivity index (χ4v) is 2.69. The highest BCUT2D eigenvalue weighted by molar-refractivity contribution is 7.13. The minimum Gasteiger partial charge on any atom is -0.461 e. The predicted molar refractivity (Wildman–Crippen MR) is 71.9 cm³/mol. The Morgan fingerprint density at radius 3 is 3.18 bits per heavy atom. The summed E-state index contributed by atoms with van der Waals surface area (Å²) in [5.74, 6) is -0.334. The highest BCUT2D eigenvalue weighted by Crippen LogP contribution is 2.26. The van der Waals surface area contributed by atoms with Gasteiger partial charge in [0.15, 0.2) is 5.69 Å². The van der Waals surface area contributed by atoms with Crippen molar-refractivity contribution in [3.63, 3.8) is 0 Å². The van der Waals surface area contributed by atoms with Gasteiger partial charge in [0.05, 0.1) is 6.61 Å². The molecule has 17 heavy (non-hydrogen) atoms. The van der Waals surface area contributed by atoms with Gasteiger partial charge in [-0.25, -0.2) is 9.78 Å². The van der Waals surface area contributed by atoms with Crippen LogP contribution in [0.25, 0.3) is 5.57 Å². The van der Waals surface area contributed by atoms with Crippen molar-refractivity contribution in [1.29, 1.82) is 0 Å². The zero-order chi connectivity index (χ0) is 12.3. The van der Waals surface area contributed by atoms with Gasteiger partial charge in [-0.1, -0.05) is 15.5 Å². The van der Waals surface area contributed by atoms with Crippen molar-refractivity contribution >= 4 is 32.3 Å². The van der Waals surface area contributed by atoms with Crippen LogP contribution >= 0.6 is 20.7 Å². The van der Waals surface area contributed by atoms with Crippen molar-refractivity contribution < 1.29 is 9.53 Å². The molecule has 0 amide bonds. The maximum Gasteiger partial charge on any atom is 0.357 e. The summed E-state index contributed by atoms with van der Waals surface area (Å²) in [6.07, 6.45) is 3.13. The molecule has 92 valence electrons. The van der Waals surface area contributed by atoms with Gasteiger partial charge in [0, 0.05) is 18.5 Å². The summed E-state index contributed by atoms with van der Waals surface area (Å²) in [4.78, 5) is 15.8. The number of carbonyl (C=O) groups excluding carboxylic acids is 1. The summed E-state index contributed by atoms with van der Waals surface area (Å²) < 4.78 is 7.09. The normalized spacial score (nSPS) is 16.7. The first-order valence-electron chi connectivity index (χ1n) is 5.52. The van der Waals surface area contributed by atoms with E-state index in [0.29, 0.717) is 12.3 Å². The lowest BCUT2D eigenvalue weighted by atomic mass is 10.1. The summed E-state index contributed by atoms with van der Waals surface area (Å²) in [7, 11) is 2.69. The minimum absolute atomic E-state index is 0.334. The van der Waals surface area contributed by atoms with Crippen LogP contribution in [0.5, 0.6) is 0 Å². The Hall–Kier alpha value is -0.770. The van der Waals surface area contributed by atoms with Gasteiger partial charge in [-0.3, -0.25) is 4.67 Å². The molecule has 6 heteroatoms. The zero-order valence-electron chi connectivity index (χ0n) is 9.68. The van der Waals surface area contributed by atoms with Gasteiger partial charge in [0.25, 0.3) is 0 Å². The summed E-state index contributed by atoms with van der Waals surface area (Å²) in [5, 5.41) is 2.70. The number of hydrogen-bond acceptors (Lipinski definition) is 5. The van der Waals surface area contributed by atoms with E-state index in [4.69, 9.17) is 4.74 Å². The molecule has 1 unspecified atom stereocenters. The topological polar surface area (TPSA) is 42.4 Å². The van der Waals surface area contributed by atoms with E-state index in [0.717, 1.165) is 24.5 Å². The second-order valence-corrected chi connectivity index (χ2v) is 5.32. The van der Waals surface area contributed by atoms with Gasteiger partial charge < -0.3 is 4.74 Å². The molecular formula is C11H15N2O2PS. The molecule has 1 aromatic heterocycles. The van der Waals surface area contributed by atoms with Crippen molar-refractivity contribution in [1.82, 2.24) is 9.65 Å². The molecule has 0 aliphatic carbocycles. The van der Waals surface area contributed by atoms with Crippen molar-refractivity contribution in [2.45, 2.75) is 13.3 Å². The molecule has 0 spiro atoms. The standard InChI is InChI=1S/C11H15N2O2PS/c1-2-15-11(14)9-7-17-10(12-9)8-3-5-13(16)6-4-8/h3,7H,2,4-6,16H2,1H3. The van der Waals surface area contributed by atoms with Crippen LogP contribution in [0.15, 0.2) is 11.5 Å². The second-order valence-electron chi connectivity index (χ2n) is 3.73. The van der Waals surface area contributed by atoms with Crippen LogP contribution in [0.4, 0.5) is 0 Å². The van der Waals surface area contributed by atoms with Crippen molar-refractivity contribution in [2.24, 2.45) is 0 Å².